The van der Waals surface area contributed by atoms with Gasteiger partial charge in [0.05, 0.1) is 12.5 Å². The predicted octanol–water partition coefficient (Wildman–Crippen LogP) is 4.42. The first-order chi connectivity index (χ1) is 14.5. The van der Waals surface area contributed by atoms with Crippen LogP contribution in [0.15, 0.2) is 24.3 Å². The summed E-state index contributed by atoms with van der Waals surface area (Å²) in [4.78, 5) is 24.7. The normalized spacial score (nSPS) is 46.6. The topological polar surface area (TPSA) is 74.2 Å². The molecular formula is C24H30O6. The van der Waals surface area contributed by atoms with Crippen LogP contribution in [0.5, 0.6) is 5.75 Å². The molecule has 162 valence electrons. The van der Waals surface area contributed by atoms with Gasteiger partial charge in [-0.15, -0.1) is 0 Å². The fourth-order valence-electron chi connectivity index (χ4n) is 7.48. The van der Waals surface area contributed by atoms with Crippen LogP contribution < -0.4 is 0 Å². The van der Waals surface area contributed by atoms with E-state index in [0.717, 1.165) is 57.8 Å². The second-order valence-electron chi connectivity index (χ2n) is 10.4. The van der Waals surface area contributed by atoms with Crippen LogP contribution >= 0.6 is 0 Å². The van der Waals surface area contributed by atoms with Gasteiger partial charge < -0.3 is 14.6 Å². The van der Waals surface area contributed by atoms with Crippen molar-refractivity contribution in [2.75, 3.05) is 7.11 Å². The molecular weight excluding hydrogens is 384 g/mol. The Balaban J connectivity index is 1.19. The molecule has 5 saturated carbocycles. The van der Waals surface area contributed by atoms with Crippen molar-refractivity contribution in [3.63, 3.8) is 0 Å². The molecule has 1 aromatic rings. The van der Waals surface area contributed by atoms with E-state index >= 15 is 0 Å². The van der Waals surface area contributed by atoms with Gasteiger partial charge in [-0.3, -0.25) is 4.79 Å². The zero-order valence-electron chi connectivity index (χ0n) is 17.5. The Morgan fingerprint density at radius 3 is 2.33 bits per heavy atom. The van der Waals surface area contributed by atoms with Crippen molar-refractivity contribution in [3.05, 3.63) is 29.8 Å². The van der Waals surface area contributed by atoms with Crippen molar-refractivity contribution in [3.8, 4) is 5.75 Å². The highest BCUT2D eigenvalue weighted by Gasteiger charge is 2.71. The fraction of sp³-hybridized carbons (Fsp3) is 0.708. The molecule has 1 N–H and O–H groups in total. The van der Waals surface area contributed by atoms with Crippen molar-refractivity contribution in [1.82, 2.24) is 0 Å². The van der Waals surface area contributed by atoms with Crippen LogP contribution in [0.3, 0.4) is 0 Å². The summed E-state index contributed by atoms with van der Waals surface area (Å²) in [5, 5.41) is 9.55. The minimum Gasteiger partial charge on any atom is -0.508 e. The molecule has 30 heavy (non-hydrogen) atoms. The number of phenols is 1. The lowest BCUT2D eigenvalue weighted by Gasteiger charge is -2.60. The van der Waals surface area contributed by atoms with E-state index in [-0.39, 0.29) is 23.2 Å². The van der Waals surface area contributed by atoms with Crippen LogP contribution in [-0.4, -0.2) is 29.8 Å². The molecule has 0 radical (unpaired) electrons. The van der Waals surface area contributed by atoms with Gasteiger partial charge in [0, 0.05) is 24.7 Å². The molecule has 6 nitrogen and oxygen atoms in total. The Morgan fingerprint density at radius 2 is 1.70 bits per heavy atom. The fourth-order valence-corrected chi connectivity index (χ4v) is 7.48. The number of carbonyl (C=O) groups excluding carboxylic acids is 1. The number of benzene rings is 1. The van der Waals surface area contributed by atoms with E-state index in [2.05, 4.69) is 0 Å². The second kappa shape index (κ2) is 6.44. The molecule has 4 bridgehead atoms. The Hall–Kier alpha value is -1.63. The maximum absolute atomic E-state index is 12.6. The van der Waals surface area contributed by atoms with Crippen LogP contribution in [0.25, 0.3) is 0 Å². The van der Waals surface area contributed by atoms with Crippen molar-refractivity contribution >= 4 is 5.97 Å². The molecule has 2 unspecified atom stereocenters. The lowest BCUT2D eigenvalue weighted by atomic mass is 9.47. The molecule has 6 aliphatic rings. The highest BCUT2D eigenvalue weighted by molar-refractivity contribution is 5.77. The maximum atomic E-state index is 12.6. The summed E-state index contributed by atoms with van der Waals surface area (Å²) in [5.41, 5.74) is 0.904. The lowest BCUT2D eigenvalue weighted by molar-refractivity contribution is -0.393. The molecule has 0 amide bonds. The van der Waals surface area contributed by atoms with Gasteiger partial charge in [-0.2, -0.15) is 9.78 Å². The van der Waals surface area contributed by atoms with E-state index in [0.29, 0.717) is 17.6 Å². The molecule has 7 rings (SSSR count). The van der Waals surface area contributed by atoms with E-state index in [1.165, 1.54) is 12.7 Å². The molecule has 2 atom stereocenters. The number of hydrogen-bond donors (Lipinski definition) is 1. The van der Waals surface area contributed by atoms with E-state index in [1.807, 2.05) is 12.1 Å². The van der Waals surface area contributed by atoms with E-state index in [9.17, 15) is 9.90 Å². The Bertz CT molecular complexity index is 824. The number of aromatic hydroxyl groups is 1. The standard InChI is InChI=1S/C24H30O6/c1-27-21(26)22-12-15-10-18(13-22)24(19(11-15)14-22)28-23(29-30-24)8-6-17(7-9-23)16-2-4-20(25)5-3-16/h2-5,15,17-19,25H,6-14H2,1H3/t15?,17?,18?,19?,22?,23-,24-. The van der Waals surface area contributed by atoms with Crippen LogP contribution in [0.1, 0.15) is 69.3 Å². The van der Waals surface area contributed by atoms with E-state index in [1.54, 1.807) is 12.1 Å². The van der Waals surface area contributed by atoms with Gasteiger partial charge in [0.15, 0.2) is 0 Å². The van der Waals surface area contributed by atoms with Crippen LogP contribution in [-0.2, 0) is 24.0 Å². The summed E-state index contributed by atoms with van der Waals surface area (Å²) >= 11 is 0. The molecule has 2 spiro atoms. The zero-order valence-corrected chi connectivity index (χ0v) is 17.5. The minimum absolute atomic E-state index is 0.0558. The molecule has 1 aromatic carbocycles. The number of phenolic OH excluding ortho intramolecular Hbond substituents is 1. The highest BCUT2D eigenvalue weighted by atomic mass is 17.3. The Morgan fingerprint density at radius 1 is 1.03 bits per heavy atom. The predicted molar refractivity (Wildman–Crippen MR) is 106 cm³/mol. The maximum Gasteiger partial charge on any atom is 0.311 e. The van der Waals surface area contributed by atoms with Crippen molar-refractivity contribution in [2.24, 2.45) is 23.2 Å². The summed E-state index contributed by atoms with van der Waals surface area (Å²) in [6, 6.07) is 7.53. The number of ether oxygens (including phenoxy) is 2. The molecule has 6 heteroatoms. The first kappa shape index (κ1) is 19.1. The summed E-state index contributed by atoms with van der Waals surface area (Å²) < 4.78 is 12.0. The van der Waals surface area contributed by atoms with Gasteiger partial charge >= 0.3 is 5.97 Å². The largest absolute Gasteiger partial charge is 0.508 e. The van der Waals surface area contributed by atoms with E-state index < -0.39 is 11.6 Å². The molecule has 1 heterocycles. The molecule has 6 fully saturated rings. The third kappa shape index (κ3) is 2.63. The first-order valence-electron chi connectivity index (χ1n) is 11.4. The van der Waals surface area contributed by atoms with E-state index in [4.69, 9.17) is 19.2 Å². The first-order valence-corrected chi connectivity index (χ1v) is 11.4. The van der Waals surface area contributed by atoms with Gasteiger partial charge in [0.25, 0.3) is 0 Å². The Labute approximate surface area is 176 Å². The summed E-state index contributed by atoms with van der Waals surface area (Å²) in [6.45, 7) is 0. The van der Waals surface area contributed by atoms with Crippen molar-refractivity contribution in [1.29, 1.82) is 0 Å². The second-order valence-corrected chi connectivity index (χ2v) is 10.4. The number of esters is 1. The average molecular weight is 414 g/mol. The molecule has 5 aliphatic carbocycles. The monoisotopic (exact) mass is 414 g/mol. The summed E-state index contributed by atoms with van der Waals surface area (Å²) in [5.74, 6) is 0.271. The van der Waals surface area contributed by atoms with Gasteiger partial charge in [-0.05, 0) is 74.5 Å². The highest BCUT2D eigenvalue weighted by Crippen LogP contribution is 2.68. The smallest absolute Gasteiger partial charge is 0.311 e. The number of carbonyl (C=O) groups is 1. The number of hydrogen-bond acceptors (Lipinski definition) is 6. The molecule has 1 aliphatic heterocycles. The molecule has 1 saturated heterocycles. The zero-order chi connectivity index (χ0) is 20.6. The van der Waals surface area contributed by atoms with Crippen molar-refractivity contribution < 1.29 is 29.1 Å². The lowest BCUT2D eigenvalue weighted by Crippen LogP contribution is -2.64. The molecule has 0 aromatic heterocycles. The summed E-state index contributed by atoms with van der Waals surface area (Å²) in [7, 11) is 1.50. The number of rotatable bonds is 2. The third-order valence-electron chi connectivity index (χ3n) is 8.73. The number of methoxy groups -OCH3 is 1. The SMILES string of the molecule is COC(=O)C12CC3CC(C1)[C@]1(OO[C@]4(CCC(c5ccc(O)cc5)CC4)O1)C(C3)C2. The van der Waals surface area contributed by atoms with Crippen LogP contribution in [0, 0.1) is 23.2 Å². The van der Waals surface area contributed by atoms with Gasteiger partial charge in [-0.25, -0.2) is 0 Å². The van der Waals surface area contributed by atoms with Gasteiger partial charge in [0.2, 0.25) is 11.6 Å². The van der Waals surface area contributed by atoms with Gasteiger partial charge in [-0.1, -0.05) is 12.1 Å². The quantitative estimate of drug-likeness (QED) is 0.570. The average Bonchev–Trinajstić information content (AvgIpc) is 3.12. The van der Waals surface area contributed by atoms with Crippen LogP contribution in [0.2, 0.25) is 0 Å². The third-order valence-corrected chi connectivity index (χ3v) is 8.73. The van der Waals surface area contributed by atoms with Gasteiger partial charge in [0.1, 0.15) is 5.75 Å². The van der Waals surface area contributed by atoms with Crippen molar-refractivity contribution in [2.45, 2.75) is 75.3 Å². The summed E-state index contributed by atoms with van der Waals surface area (Å²) in [6.07, 6.45) is 8.13. The Kier molecular flexibility index (Phi) is 4.10. The minimum atomic E-state index is -0.695. The van der Waals surface area contributed by atoms with Crippen LogP contribution in [0.4, 0.5) is 0 Å².